The van der Waals surface area contributed by atoms with Crippen molar-refractivity contribution in [2.24, 2.45) is 5.73 Å². The van der Waals surface area contributed by atoms with E-state index >= 15 is 0 Å². The van der Waals surface area contributed by atoms with Gasteiger partial charge < -0.3 is 15.8 Å². The van der Waals surface area contributed by atoms with Crippen LogP contribution in [0.3, 0.4) is 0 Å². The second kappa shape index (κ2) is 8.37. The molecule has 2 atom stereocenters. The fourth-order valence-electron chi connectivity index (χ4n) is 2.62. The molecule has 4 nitrogen and oxygen atoms in total. The number of hydrogen-bond donors (Lipinski definition) is 2. The Morgan fingerprint density at radius 2 is 2.00 bits per heavy atom. The predicted octanol–water partition coefficient (Wildman–Crippen LogP) is 4.12. The molecule has 24 heavy (non-hydrogen) atoms. The van der Waals surface area contributed by atoms with Gasteiger partial charge >= 0.3 is 12.1 Å². The zero-order valence-electron chi connectivity index (χ0n) is 14.5. The van der Waals surface area contributed by atoms with Crippen LogP contribution in [0.4, 0.5) is 18.9 Å². The summed E-state index contributed by atoms with van der Waals surface area (Å²) in [4.78, 5) is 11.8. The molecular weight excluding hydrogens is 321 g/mol. The largest absolute Gasteiger partial charge is 0.465 e. The second-order valence-corrected chi connectivity index (χ2v) is 6.03. The van der Waals surface area contributed by atoms with Gasteiger partial charge in [-0.15, -0.1) is 0 Å². The van der Waals surface area contributed by atoms with E-state index in [1.165, 1.54) is 0 Å². The van der Waals surface area contributed by atoms with Crippen LogP contribution in [-0.2, 0) is 10.9 Å². The number of nitrogens with two attached hydrogens (primary N) is 1. The molecule has 2 unspecified atom stereocenters. The molecule has 0 spiro atoms. The number of carbonyl (C=O) groups excluding carboxylic acids is 1. The standard InChI is InChI=1S/C17H25F3N2O2/c1-5-6-13(7-10(2)21)22-15-9-12(17(18,19)20)8-14(11(15)3)16(23)24-4/h8-10,13,22H,5-7,21H2,1-4H3. The summed E-state index contributed by atoms with van der Waals surface area (Å²) in [6.07, 6.45) is -2.29. The lowest BCUT2D eigenvalue weighted by Gasteiger charge is -2.24. The molecule has 0 radical (unpaired) electrons. The third kappa shape index (κ3) is 5.40. The molecule has 0 amide bonds. The Hall–Kier alpha value is -1.76. The zero-order valence-corrected chi connectivity index (χ0v) is 14.5. The van der Waals surface area contributed by atoms with Crippen LogP contribution in [0, 0.1) is 6.92 Å². The van der Waals surface area contributed by atoms with Gasteiger partial charge in [0.05, 0.1) is 18.2 Å². The second-order valence-electron chi connectivity index (χ2n) is 6.03. The van der Waals surface area contributed by atoms with Crippen LogP contribution in [-0.4, -0.2) is 25.2 Å². The molecule has 0 bridgehead atoms. The lowest BCUT2D eigenvalue weighted by atomic mass is 9.99. The van der Waals surface area contributed by atoms with Crippen molar-refractivity contribution in [2.75, 3.05) is 12.4 Å². The molecule has 7 heteroatoms. The first-order chi connectivity index (χ1) is 11.1. The average molecular weight is 346 g/mol. The summed E-state index contributed by atoms with van der Waals surface area (Å²) in [6.45, 7) is 5.45. The molecule has 0 aliphatic rings. The van der Waals surface area contributed by atoms with Crippen LogP contribution in [0.2, 0.25) is 0 Å². The van der Waals surface area contributed by atoms with Gasteiger partial charge in [-0.25, -0.2) is 4.79 Å². The number of methoxy groups -OCH3 is 1. The van der Waals surface area contributed by atoms with Crippen LogP contribution < -0.4 is 11.1 Å². The van der Waals surface area contributed by atoms with E-state index < -0.39 is 17.7 Å². The number of alkyl halides is 3. The minimum Gasteiger partial charge on any atom is -0.465 e. The molecule has 136 valence electrons. The monoisotopic (exact) mass is 346 g/mol. The van der Waals surface area contributed by atoms with Crippen molar-refractivity contribution < 1.29 is 22.7 Å². The summed E-state index contributed by atoms with van der Waals surface area (Å²) in [6, 6.07) is 1.71. The van der Waals surface area contributed by atoms with Crippen LogP contribution in [0.25, 0.3) is 0 Å². The fraction of sp³-hybridized carbons (Fsp3) is 0.588. The molecule has 3 N–H and O–H groups in total. The number of benzene rings is 1. The van der Waals surface area contributed by atoms with Crippen LogP contribution in [0.5, 0.6) is 0 Å². The predicted molar refractivity (Wildman–Crippen MR) is 88.1 cm³/mol. The van der Waals surface area contributed by atoms with Gasteiger partial charge in [-0.2, -0.15) is 13.2 Å². The minimum absolute atomic E-state index is 0.0670. The number of hydrogen-bond acceptors (Lipinski definition) is 4. The van der Waals surface area contributed by atoms with E-state index in [9.17, 15) is 18.0 Å². The molecule has 0 fully saturated rings. The van der Waals surface area contributed by atoms with Gasteiger partial charge in [-0.1, -0.05) is 13.3 Å². The highest BCUT2D eigenvalue weighted by atomic mass is 19.4. The Labute approximate surface area is 140 Å². The van der Waals surface area contributed by atoms with Gasteiger partial charge in [-0.3, -0.25) is 0 Å². The maximum atomic E-state index is 13.1. The summed E-state index contributed by atoms with van der Waals surface area (Å²) in [5.41, 5.74) is 5.56. The first kappa shape index (κ1) is 20.3. The number of ether oxygens (including phenoxy) is 1. The van der Waals surface area contributed by atoms with E-state index in [1.807, 2.05) is 13.8 Å². The summed E-state index contributed by atoms with van der Waals surface area (Å²) in [5.74, 6) is -0.791. The average Bonchev–Trinajstić information content (AvgIpc) is 2.47. The normalized spacial score (nSPS) is 14.2. The number of halogens is 3. The molecule has 1 rings (SSSR count). The number of nitrogens with one attached hydrogen (secondary N) is 1. The van der Waals surface area contributed by atoms with Gasteiger partial charge in [0.25, 0.3) is 0 Å². The summed E-state index contributed by atoms with van der Waals surface area (Å²) < 4.78 is 44.0. The summed E-state index contributed by atoms with van der Waals surface area (Å²) in [5, 5.41) is 3.12. The SMILES string of the molecule is CCCC(CC(C)N)Nc1cc(C(F)(F)F)cc(C(=O)OC)c1C. The molecule has 0 saturated carbocycles. The van der Waals surface area contributed by atoms with E-state index in [4.69, 9.17) is 5.73 Å². The van der Waals surface area contributed by atoms with Gasteiger partial charge in [0, 0.05) is 17.8 Å². The molecule has 0 aromatic heterocycles. The van der Waals surface area contributed by atoms with Gasteiger partial charge in [0.15, 0.2) is 0 Å². The van der Waals surface area contributed by atoms with Crippen LogP contribution in [0.1, 0.15) is 54.6 Å². The van der Waals surface area contributed by atoms with Gasteiger partial charge in [0.2, 0.25) is 0 Å². The van der Waals surface area contributed by atoms with E-state index in [1.54, 1.807) is 6.92 Å². The third-order valence-corrected chi connectivity index (χ3v) is 3.79. The van der Waals surface area contributed by atoms with Crippen molar-refractivity contribution in [1.29, 1.82) is 0 Å². The number of carbonyl (C=O) groups is 1. The topological polar surface area (TPSA) is 64.3 Å². The molecule has 0 saturated heterocycles. The van der Waals surface area contributed by atoms with Crippen LogP contribution in [0.15, 0.2) is 12.1 Å². The highest BCUT2D eigenvalue weighted by Gasteiger charge is 2.33. The summed E-state index contributed by atoms with van der Waals surface area (Å²) in [7, 11) is 1.14. The smallest absolute Gasteiger partial charge is 0.416 e. The highest BCUT2D eigenvalue weighted by molar-refractivity contribution is 5.93. The summed E-state index contributed by atoms with van der Waals surface area (Å²) >= 11 is 0. The number of anilines is 1. The first-order valence-corrected chi connectivity index (χ1v) is 7.92. The minimum atomic E-state index is -4.55. The van der Waals surface area contributed by atoms with Gasteiger partial charge in [-0.05, 0) is 44.4 Å². The van der Waals surface area contributed by atoms with Crippen molar-refractivity contribution in [1.82, 2.24) is 0 Å². The first-order valence-electron chi connectivity index (χ1n) is 7.92. The van der Waals surface area contributed by atoms with Crippen molar-refractivity contribution in [3.63, 3.8) is 0 Å². The molecular formula is C17H25F3N2O2. The van der Waals surface area contributed by atoms with Crippen molar-refractivity contribution in [3.8, 4) is 0 Å². The molecule has 1 aromatic carbocycles. The molecule has 1 aromatic rings. The Morgan fingerprint density at radius 1 is 1.38 bits per heavy atom. The van der Waals surface area contributed by atoms with E-state index in [2.05, 4.69) is 10.1 Å². The fourth-order valence-corrected chi connectivity index (χ4v) is 2.62. The van der Waals surface area contributed by atoms with Crippen molar-refractivity contribution in [3.05, 3.63) is 28.8 Å². The van der Waals surface area contributed by atoms with E-state index in [0.717, 1.165) is 32.1 Å². The van der Waals surface area contributed by atoms with E-state index in [-0.39, 0.29) is 23.3 Å². The number of esters is 1. The van der Waals surface area contributed by atoms with Gasteiger partial charge in [0.1, 0.15) is 0 Å². The van der Waals surface area contributed by atoms with Crippen LogP contribution >= 0.6 is 0 Å². The maximum absolute atomic E-state index is 13.1. The lowest BCUT2D eigenvalue weighted by Crippen LogP contribution is -2.29. The molecule has 0 heterocycles. The lowest BCUT2D eigenvalue weighted by molar-refractivity contribution is -0.137. The quantitative estimate of drug-likeness (QED) is 0.729. The van der Waals surface area contributed by atoms with Crippen molar-refractivity contribution >= 4 is 11.7 Å². The Bertz CT molecular complexity index is 572. The Morgan fingerprint density at radius 3 is 2.46 bits per heavy atom. The highest BCUT2D eigenvalue weighted by Crippen LogP contribution is 2.34. The Balaban J connectivity index is 3.31. The Kier molecular flexibility index (Phi) is 7.08. The zero-order chi connectivity index (χ0) is 18.5. The molecule has 0 aliphatic carbocycles. The van der Waals surface area contributed by atoms with Crippen molar-refractivity contribution in [2.45, 2.75) is 58.3 Å². The third-order valence-electron chi connectivity index (χ3n) is 3.79. The maximum Gasteiger partial charge on any atom is 0.416 e. The number of rotatable bonds is 7. The molecule has 0 aliphatic heterocycles. The van der Waals surface area contributed by atoms with E-state index in [0.29, 0.717) is 12.0 Å².